The van der Waals surface area contributed by atoms with Gasteiger partial charge in [-0.25, -0.2) is 0 Å². The van der Waals surface area contributed by atoms with Crippen molar-refractivity contribution in [3.63, 3.8) is 0 Å². The Kier molecular flexibility index (Phi) is 3.67. The first-order valence-electron chi connectivity index (χ1n) is 2.36. The van der Waals surface area contributed by atoms with Crippen molar-refractivity contribution in [2.45, 2.75) is 6.10 Å². The van der Waals surface area contributed by atoms with Gasteiger partial charge < -0.3 is 4.74 Å². The summed E-state index contributed by atoms with van der Waals surface area (Å²) in [6.07, 6.45) is 4.57. The third-order valence-corrected chi connectivity index (χ3v) is 0.718. The van der Waals surface area contributed by atoms with Crippen LogP contribution in [-0.2, 0) is 4.74 Å². The Morgan fingerprint density at radius 2 is 1.62 bits per heavy atom. The molecule has 0 N–H and O–H groups in total. The summed E-state index contributed by atoms with van der Waals surface area (Å²) in [5.74, 6) is 0. The zero-order valence-electron chi connectivity index (χ0n) is 4.84. The van der Waals surface area contributed by atoms with E-state index in [1.165, 1.54) is 6.26 Å². The van der Waals surface area contributed by atoms with Crippen molar-refractivity contribution in [3.05, 3.63) is 38.2 Å². The minimum Gasteiger partial charge on any atom is -0.491 e. The second kappa shape index (κ2) is 4.19. The summed E-state index contributed by atoms with van der Waals surface area (Å²) in [6, 6.07) is 0. The summed E-state index contributed by atoms with van der Waals surface area (Å²) >= 11 is 0. The second-order valence-corrected chi connectivity index (χ2v) is 1.24. The van der Waals surface area contributed by atoms with Crippen molar-refractivity contribution in [2.75, 3.05) is 0 Å². The molecule has 44 valence electrons. The molecule has 0 unspecified atom stereocenters. The molecule has 0 aliphatic rings. The van der Waals surface area contributed by atoms with E-state index in [1.54, 1.807) is 12.2 Å². The average Bonchev–Trinajstić information content (AvgIpc) is 1.83. The van der Waals surface area contributed by atoms with E-state index in [2.05, 4.69) is 19.7 Å². The number of hydrogen-bond acceptors (Lipinski definition) is 1. The Bertz CT molecular complexity index is 86.6. The smallest absolute Gasteiger partial charge is 0.134 e. The molecule has 8 heavy (non-hydrogen) atoms. The van der Waals surface area contributed by atoms with Gasteiger partial charge in [0.25, 0.3) is 0 Å². The molecule has 0 fully saturated rings. The van der Waals surface area contributed by atoms with Gasteiger partial charge in [0, 0.05) is 0 Å². The topological polar surface area (TPSA) is 9.23 Å². The van der Waals surface area contributed by atoms with E-state index in [0.717, 1.165) is 0 Å². The van der Waals surface area contributed by atoms with Crippen LogP contribution < -0.4 is 0 Å². The highest BCUT2D eigenvalue weighted by atomic mass is 16.5. The Labute approximate surface area is 50.0 Å². The summed E-state index contributed by atoms with van der Waals surface area (Å²) in [4.78, 5) is 0. The van der Waals surface area contributed by atoms with Crippen LogP contribution in [0.1, 0.15) is 0 Å². The molecule has 0 atom stereocenters. The third kappa shape index (κ3) is 2.24. The van der Waals surface area contributed by atoms with E-state index in [1.807, 2.05) is 0 Å². The molecule has 0 radical (unpaired) electrons. The summed E-state index contributed by atoms with van der Waals surface area (Å²) in [5.41, 5.74) is 0. The predicted molar refractivity (Wildman–Crippen MR) is 35.5 cm³/mol. The minimum absolute atomic E-state index is 0.0903. The molecule has 0 bridgehead atoms. The molecular weight excluding hydrogens is 100 g/mol. The van der Waals surface area contributed by atoms with E-state index in [-0.39, 0.29) is 6.10 Å². The van der Waals surface area contributed by atoms with Gasteiger partial charge in [-0.3, -0.25) is 0 Å². The highest BCUT2D eigenvalue weighted by molar-refractivity contribution is 4.94. The number of rotatable bonds is 4. The summed E-state index contributed by atoms with van der Waals surface area (Å²) in [6.45, 7) is 10.4. The normalized spacial score (nSPS) is 8.12. The maximum atomic E-state index is 4.87. The van der Waals surface area contributed by atoms with E-state index in [4.69, 9.17) is 4.74 Å². The van der Waals surface area contributed by atoms with Crippen LogP contribution in [0.5, 0.6) is 0 Å². The van der Waals surface area contributed by atoms with Crippen LogP contribution in [0.25, 0.3) is 0 Å². The summed E-state index contributed by atoms with van der Waals surface area (Å²) in [7, 11) is 0. The fourth-order valence-corrected chi connectivity index (χ4v) is 0.318. The lowest BCUT2D eigenvalue weighted by Gasteiger charge is -2.03. The van der Waals surface area contributed by atoms with Crippen molar-refractivity contribution >= 4 is 0 Å². The first-order valence-corrected chi connectivity index (χ1v) is 2.36. The van der Waals surface area contributed by atoms with Gasteiger partial charge in [0.2, 0.25) is 0 Å². The molecule has 0 saturated carbocycles. The first kappa shape index (κ1) is 7.02. The molecule has 0 rings (SSSR count). The lowest BCUT2D eigenvalue weighted by Crippen LogP contribution is -1.98. The fraction of sp³-hybridized carbons (Fsp3) is 0.143. The fourth-order valence-electron chi connectivity index (χ4n) is 0.318. The quantitative estimate of drug-likeness (QED) is 0.396. The van der Waals surface area contributed by atoms with E-state index in [0.29, 0.717) is 0 Å². The van der Waals surface area contributed by atoms with Crippen LogP contribution in [0.2, 0.25) is 0 Å². The van der Waals surface area contributed by atoms with Crippen molar-refractivity contribution in [1.82, 2.24) is 0 Å². The molecule has 0 aliphatic carbocycles. The van der Waals surface area contributed by atoms with Crippen LogP contribution in [-0.4, -0.2) is 6.10 Å². The highest BCUT2D eigenvalue weighted by Crippen LogP contribution is 1.92. The molecule has 0 aromatic carbocycles. The average molecular weight is 110 g/mol. The lowest BCUT2D eigenvalue weighted by molar-refractivity contribution is 0.230. The van der Waals surface area contributed by atoms with Crippen LogP contribution in [0.3, 0.4) is 0 Å². The van der Waals surface area contributed by atoms with E-state index < -0.39 is 0 Å². The van der Waals surface area contributed by atoms with Crippen LogP contribution in [0.15, 0.2) is 38.2 Å². The van der Waals surface area contributed by atoms with Crippen molar-refractivity contribution < 1.29 is 4.74 Å². The second-order valence-electron chi connectivity index (χ2n) is 1.24. The Hall–Kier alpha value is -0.980. The van der Waals surface area contributed by atoms with Gasteiger partial charge >= 0.3 is 0 Å². The highest BCUT2D eigenvalue weighted by Gasteiger charge is 1.90. The Morgan fingerprint density at radius 1 is 1.12 bits per heavy atom. The van der Waals surface area contributed by atoms with Gasteiger partial charge in [0.05, 0.1) is 6.26 Å². The maximum Gasteiger partial charge on any atom is 0.134 e. The first-order chi connectivity index (χ1) is 3.85. The van der Waals surface area contributed by atoms with Crippen molar-refractivity contribution in [2.24, 2.45) is 0 Å². The maximum absolute atomic E-state index is 4.87. The van der Waals surface area contributed by atoms with Crippen LogP contribution in [0, 0.1) is 0 Å². The molecule has 0 saturated heterocycles. The Morgan fingerprint density at radius 3 is 1.75 bits per heavy atom. The van der Waals surface area contributed by atoms with E-state index >= 15 is 0 Å². The van der Waals surface area contributed by atoms with Crippen LogP contribution in [0.4, 0.5) is 0 Å². The Balaban J connectivity index is 3.50. The van der Waals surface area contributed by atoms with Crippen molar-refractivity contribution in [3.8, 4) is 0 Å². The van der Waals surface area contributed by atoms with E-state index in [9.17, 15) is 0 Å². The van der Waals surface area contributed by atoms with Gasteiger partial charge in [-0.1, -0.05) is 19.7 Å². The zero-order chi connectivity index (χ0) is 6.41. The molecular formula is C7H10O. The number of ether oxygens (including phenoxy) is 1. The largest absolute Gasteiger partial charge is 0.491 e. The molecule has 0 spiro atoms. The molecule has 0 amide bonds. The molecule has 1 heteroatoms. The summed E-state index contributed by atoms with van der Waals surface area (Å²) in [5, 5.41) is 0. The van der Waals surface area contributed by atoms with Gasteiger partial charge in [-0.15, -0.1) is 0 Å². The molecule has 0 aliphatic heterocycles. The number of hydrogen-bond donors (Lipinski definition) is 0. The summed E-state index contributed by atoms with van der Waals surface area (Å²) < 4.78 is 4.87. The monoisotopic (exact) mass is 110 g/mol. The van der Waals surface area contributed by atoms with Gasteiger partial charge in [0.1, 0.15) is 6.10 Å². The molecule has 0 aromatic heterocycles. The molecule has 1 nitrogen and oxygen atoms in total. The van der Waals surface area contributed by atoms with Gasteiger partial charge in [-0.2, -0.15) is 0 Å². The lowest BCUT2D eigenvalue weighted by atomic mass is 10.3. The molecule has 0 aromatic rings. The van der Waals surface area contributed by atoms with Crippen LogP contribution >= 0.6 is 0 Å². The third-order valence-electron chi connectivity index (χ3n) is 0.718. The zero-order valence-corrected chi connectivity index (χ0v) is 4.84. The minimum atomic E-state index is -0.0903. The van der Waals surface area contributed by atoms with Gasteiger partial charge in [-0.05, 0) is 12.2 Å². The molecule has 0 heterocycles. The predicted octanol–water partition coefficient (Wildman–Crippen LogP) is 1.89. The standard InChI is InChI=1S/C7H10O/c1-4-7(5-2)8-6-3/h4-7H,1-3H2. The SMILES string of the molecule is C=COC(C=C)C=C. The van der Waals surface area contributed by atoms with Gasteiger partial charge in [0.15, 0.2) is 0 Å². The van der Waals surface area contributed by atoms with Crippen molar-refractivity contribution in [1.29, 1.82) is 0 Å².